The van der Waals surface area contributed by atoms with Crippen LogP contribution in [-0.2, 0) is 0 Å². The number of carbonyl (C=O) groups is 1. The van der Waals surface area contributed by atoms with E-state index in [2.05, 4.69) is 19.2 Å². The molecule has 1 amide bonds. The van der Waals surface area contributed by atoms with Crippen molar-refractivity contribution in [3.8, 4) is 0 Å². The summed E-state index contributed by atoms with van der Waals surface area (Å²) < 4.78 is 2.00. The molecule has 2 rings (SSSR count). The largest absolute Gasteiger partial charge is 0.346 e. The van der Waals surface area contributed by atoms with Gasteiger partial charge in [-0.1, -0.05) is 19.3 Å². The summed E-state index contributed by atoms with van der Waals surface area (Å²) in [6, 6.07) is 4.29. The molecule has 1 fully saturated rings. The van der Waals surface area contributed by atoms with Gasteiger partial charge in [-0.15, -0.1) is 0 Å². The van der Waals surface area contributed by atoms with Crippen LogP contribution < -0.4 is 11.1 Å². The van der Waals surface area contributed by atoms with Crippen LogP contribution >= 0.6 is 0 Å². The van der Waals surface area contributed by atoms with Crippen LogP contribution in [0.3, 0.4) is 0 Å². The topological polar surface area (TPSA) is 60.0 Å². The maximum Gasteiger partial charge on any atom is 0.268 e. The van der Waals surface area contributed by atoms with Crippen molar-refractivity contribution in [1.82, 2.24) is 9.88 Å². The third-order valence-corrected chi connectivity index (χ3v) is 3.95. The number of nitrogens with one attached hydrogen (secondary N) is 1. The molecule has 1 aromatic heterocycles. The summed E-state index contributed by atoms with van der Waals surface area (Å²) in [4.78, 5) is 12.4. The van der Waals surface area contributed by atoms with Gasteiger partial charge >= 0.3 is 0 Å². The van der Waals surface area contributed by atoms with E-state index in [0.717, 1.165) is 25.0 Å². The van der Waals surface area contributed by atoms with E-state index < -0.39 is 0 Å². The Kier molecular flexibility index (Phi) is 4.64. The second-order valence-corrected chi connectivity index (χ2v) is 5.78. The number of amides is 1. The van der Waals surface area contributed by atoms with Crippen molar-refractivity contribution in [2.24, 2.45) is 5.73 Å². The number of nitrogens with two attached hydrogens (primary N) is 1. The fraction of sp³-hybridized carbons (Fsp3) is 0.667. The van der Waals surface area contributed by atoms with Gasteiger partial charge in [-0.3, -0.25) is 4.79 Å². The van der Waals surface area contributed by atoms with Crippen molar-refractivity contribution in [2.45, 2.75) is 64.1 Å². The van der Waals surface area contributed by atoms with Crippen LogP contribution in [0.15, 0.2) is 18.3 Å². The summed E-state index contributed by atoms with van der Waals surface area (Å²) in [6.45, 7) is 4.16. The summed E-state index contributed by atoms with van der Waals surface area (Å²) in [5.41, 5.74) is 6.89. The summed E-state index contributed by atoms with van der Waals surface area (Å²) in [5, 5.41) is 3.12. The molecule has 3 N–H and O–H groups in total. The fourth-order valence-electron chi connectivity index (χ4n) is 2.79. The van der Waals surface area contributed by atoms with Gasteiger partial charge in [0.15, 0.2) is 0 Å². The van der Waals surface area contributed by atoms with E-state index in [-0.39, 0.29) is 18.0 Å². The second kappa shape index (κ2) is 6.24. The van der Waals surface area contributed by atoms with Gasteiger partial charge in [-0.05, 0) is 38.8 Å². The molecular weight excluding hydrogens is 238 g/mol. The highest BCUT2D eigenvalue weighted by Crippen LogP contribution is 2.18. The lowest BCUT2D eigenvalue weighted by Gasteiger charge is -2.23. The van der Waals surface area contributed by atoms with Crippen LogP contribution in [0.25, 0.3) is 0 Å². The van der Waals surface area contributed by atoms with E-state index in [9.17, 15) is 4.79 Å². The molecule has 0 saturated heterocycles. The number of hydrogen-bond acceptors (Lipinski definition) is 2. The molecule has 0 aliphatic heterocycles. The zero-order chi connectivity index (χ0) is 13.8. The molecule has 0 bridgehead atoms. The third-order valence-electron chi connectivity index (χ3n) is 3.95. The van der Waals surface area contributed by atoms with Gasteiger partial charge in [0.1, 0.15) is 5.69 Å². The average Bonchev–Trinajstić information content (AvgIpc) is 2.78. The Balaban J connectivity index is 2.05. The quantitative estimate of drug-likeness (QED) is 0.823. The van der Waals surface area contributed by atoms with Gasteiger partial charge in [0.05, 0.1) is 0 Å². The zero-order valence-corrected chi connectivity index (χ0v) is 11.9. The summed E-state index contributed by atoms with van der Waals surface area (Å²) in [6.07, 6.45) is 7.51. The smallest absolute Gasteiger partial charge is 0.268 e. The lowest BCUT2D eigenvalue weighted by molar-refractivity contribution is 0.0918. The number of hydrogen-bond donors (Lipinski definition) is 2. The Morgan fingerprint density at radius 1 is 1.37 bits per heavy atom. The maximum atomic E-state index is 12.4. The molecule has 4 heteroatoms. The molecule has 0 spiro atoms. The van der Waals surface area contributed by atoms with Gasteiger partial charge < -0.3 is 15.6 Å². The van der Waals surface area contributed by atoms with Gasteiger partial charge in [0.2, 0.25) is 0 Å². The molecule has 4 nitrogen and oxygen atoms in total. The van der Waals surface area contributed by atoms with Crippen molar-refractivity contribution in [2.75, 3.05) is 0 Å². The molecule has 1 saturated carbocycles. The van der Waals surface area contributed by atoms with Crippen LogP contribution in [0.2, 0.25) is 0 Å². The zero-order valence-electron chi connectivity index (χ0n) is 11.9. The Morgan fingerprint density at radius 2 is 2.11 bits per heavy atom. The standard InChI is InChI=1S/C15H25N3O/c1-11(2)18-10-6-9-14(18)15(19)17-13-8-5-3-4-7-12(13)16/h6,9-13H,3-5,7-8,16H2,1-2H3,(H,17,19). The van der Waals surface area contributed by atoms with E-state index >= 15 is 0 Å². The number of nitrogens with zero attached hydrogens (tertiary/aromatic N) is 1. The minimum Gasteiger partial charge on any atom is -0.346 e. The van der Waals surface area contributed by atoms with Crippen LogP contribution in [0.5, 0.6) is 0 Å². The molecule has 106 valence electrons. The lowest BCUT2D eigenvalue weighted by atomic mass is 10.0. The molecule has 1 aliphatic rings. The summed E-state index contributed by atoms with van der Waals surface area (Å²) in [5.74, 6) is 0.000972. The highest BCUT2D eigenvalue weighted by Gasteiger charge is 2.23. The summed E-state index contributed by atoms with van der Waals surface area (Å²) in [7, 11) is 0. The maximum absolute atomic E-state index is 12.4. The Morgan fingerprint density at radius 3 is 2.84 bits per heavy atom. The van der Waals surface area contributed by atoms with Crippen molar-refractivity contribution >= 4 is 5.91 Å². The van der Waals surface area contributed by atoms with Crippen LogP contribution in [-0.4, -0.2) is 22.6 Å². The number of carbonyl (C=O) groups excluding carboxylic acids is 1. The first-order valence-electron chi connectivity index (χ1n) is 7.33. The highest BCUT2D eigenvalue weighted by molar-refractivity contribution is 5.93. The van der Waals surface area contributed by atoms with Crippen LogP contribution in [0.4, 0.5) is 0 Å². The van der Waals surface area contributed by atoms with Gasteiger partial charge in [0, 0.05) is 24.3 Å². The van der Waals surface area contributed by atoms with E-state index in [1.165, 1.54) is 12.8 Å². The first-order chi connectivity index (χ1) is 9.09. The number of rotatable bonds is 3. The monoisotopic (exact) mass is 263 g/mol. The average molecular weight is 263 g/mol. The molecule has 1 aliphatic carbocycles. The first kappa shape index (κ1) is 14.1. The Labute approximate surface area is 115 Å². The minimum atomic E-state index is 0.000972. The molecular formula is C15H25N3O. The predicted octanol–water partition coefficient (Wildman–Crippen LogP) is 2.46. The molecule has 1 heterocycles. The normalized spacial score (nSPS) is 24.2. The van der Waals surface area contributed by atoms with E-state index in [1.807, 2.05) is 22.9 Å². The van der Waals surface area contributed by atoms with E-state index in [0.29, 0.717) is 6.04 Å². The molecule has 0 radical (unpaired) electrons. The fourth-order valence-corrected chi connectivity index (χ4v) is 2.79. The third kappa shape index (κ3) is 3.38. The summed E-state index contributed by atoms with van der Waals surface area (Å²) >= 11 is 0. The van der Waals surface area contributed by atoms with Crippen molar-refractivity contribution in [3.63, 3.8) is 0 Å². The minimum absolute atomic E-state index is 0.000972. The van der Waals surface area contributed by atoms with E-state index in [1.54, 1.807) is 0 Å². The van der Waals surface area contributed by atoms with Gasteiger partial charge in [-0.25, -0.2) is 0 Å². The van der Waals surface area contributed by atoms with Crippen molar-refractivity contribution in [1.29, 1.82) is 0 Å². The van der Waals surface area contributed by atoms with Crippen molar-refractivity contribution < 1.29 is 4.79 Å². The lowest BCUT2D eigenvalue weighted by Crippen LogP contribution is -2.47. The molecule has 19 heavy (non-hydrogen) atoms. The van der Waals surface area contributed by atoms with Crippen LogP contribution in [0.1, 0.15) is 62.5 Å². The predicted molar refractivity (Wildman–Crippen MR) is 77.1 cm³/mol. The van der Waals surface area contributed by atoms with Crippen LogP contribution in [0, 0.1) is 0 Å². The Hall–Kier alpha value is -1.29. The molecule has 0 aromatic carbocycles. The SMILES string of the molecule is CC(C)n1cccc1C(=O)NC1CCCCCC1N. The van der Waals surface area contributed by atoms with E-state index in [4.69, 9.17) is 5.73 Å². The Bertz CT molecular complexity index is 425. The van der Waals surface area contributed by atoms with Crippen molar-refractivity contribution in [3.05, 3.63) is 24.0 Å². The van der Waals surface area contributed by atoms with Gasteiger partial charge in [0.25, 0.3) is 5.91 Å². The van der Waals surface area contributed by atoms with Gasteiger partial charge in [-0.2, -0.15) is 0 Å². The second-order valence-electron chi connectivity index (χ2n) is 5.78. The number of aromatic nitrogens is 1. The highest BCUT2D eigenvalue weighted by atomic mass is 16.2. The molecule has 2 atom stereocenters. The molecule has 1 aromatic rings. The molecule has 2 unspecified atom stereocenters. The first-order valence-corrected chi connectivity index (χ1v) is 7.33.